The van der Waals surface area contributed by atoms with Crippen LogP contribution in [0.4, 0.5) is 0 Å². The topological polar surface area (TPSA) is 118 Å². The number of hydrogen-bond acceptors (Lipinski definition) is 5. The van der Waals surface area contributed by atoms with E-state index >= 15 is 0 Å². The lowest BCUT2D eigenvalue weighted by Crippen LogP contribution is -2.35. The predicted octanol–water partition coefficient (Wildman–Crippen LogP) is 0.627. The molecule has 0 spiro atoms. The van der Waals surface area contributed by atoms with E-state index in [0.717, 1.165) is 17.5 Å². The van der Waals surface area contributed by atoms with Crippen molar-refractivity contribution < 1.29 is 26.7 Å². The number of halogens is 1. The molecular weight excluding hydrogens is 342 g/mol. The van der Waals surface area contributed by atoms with Crippen LogP contribution in [0.2, 0.25) is 5.02 Å². The summed E-state index contributed by atoms with van der Waals surface area (Å²) in [5.41, 5.74) is -0.241. The summed E-state index contributed by atoms with van der Waals surface area (Å²) in [6.45, 7) is 0. The zero-order valence-corrected chi connectivity index (χ0v) is 12.7. The van der Waals surface area contributed by atoms with Crippen LogP contribution in [-0.4, -0.2) is 39.7 Å². The van der Waals surface area contributed by atoms with Crippen molar-refractivity contribution in [2.24, 2.45) is 0 Å². The Morgan fingerprint density at radius 2 is 2.05 bits per heavy atom. The van der Waals surface area contributed by atoms with E-state index < -0.39 is 36.8 Å². The number of aromatic carboxylic acids is 1. The highest BCUT2D eigenvalue weighted by Crippen LogP contribution is 2.23. The summed E-state index contributed by atoms with van der Waals surface area (Å²) >= 11 is 5.78. The summed E-state index contributed by atoms with van der Waals surface area (Å²) in [6.07, 6.45) is 1.21. The molecule has 2 rings (SSSR count). The first kappa shape index (κ1) is 16.0. The van der Waals surface area contributed by atoms with E-state index in [1.54, 1.807) is 0 Å². The van der Waals surface area contributed by atoms with Gasteiger partial charge in [0, 0.05) is 5.41 Å². The number of carboxylic acid groups (broad SMARTS) is 1. The lowest BCUT2D eigenvalue weighted by atomic mass is 10.2. The van der Waals surface area contributed by atoms with Crippen LogP contribution in [0.5, 0.6) is 0 Å². The fraction of sp³-hybridized carbons (Fsp3) is 0.182. The van der Waals surface area contributed by atoms with Gasteiger partial charge >= 0.3 is 5.97 Å². The minimum absolute atomic E-state index is 0.155. The van der Waals surface area contributed by atoms with Gasteiger partial charge < -0.3 is 5.11 Å². The Morgan fingerprint density at radius 3 is 2.57 bits per heavy atom. The molecule has 1 atom stereocenters. The quantitative estimate of drug-likeness (QED) is 0.821. The number of sulfonamides is 1. The number of carbonyl (C=O) groups is 1. The summed E-state index contributed by atoms with van der Waals surface area (Å²) in [5.74, 6) is -1.69. The molecule has 0 radical (unpaired) electrons. The molecule has 1 aromatic carbocycles. The SMILES string of the molecule is O=C(O)c1ccc(Cl)c(S(=O)(=O)N[C@@H]2C=CS(=O)(=O)C2)c1. The first-order chi connectivity index (χ1) is 9.61. The van der Waals surface area contributed by atoms with E-state index in [9.17, 15) is 21.6 Å². The predicted molar refractivity (Wildman–Crippen MR) is 75.4 cm³/mol. The van der Waals surface area contributed by atoms with E-state index in [4.69, 9.17) is 16.7 Å². The number of benzene rings is 1. The van der Waals surface area contributed by atoms with Gasteiger partial charge in [0.05, 0.1) is 22.4 Å². The Balaban J connectivity index is 2.34. The molecule has 1 aliphatic heterocycles. The molecule has 0 aliphatic carbocycles. The molecule has 10 heteroatoms. The average molecular weight is 352 g/mol. The molecule has 2 N–H and O–H groups in total. The molecule has 1 heterocycles. The summed E-state index contributed by atoms with van der Waals surface area (Å²) in [7, 11) is -7.56. The van der Waals surface area contributed by atoms with Gasteiger partial charge in [0.2, 0.25) is 10.0 Å². The van der Waals surface area contributed by atoms with Gasteiger partial charge in [-0.05, 0) is 18.2 Å². The molecule has 0 saturated heterocycles. The number of sulfone groups is 1. The van der Waals surface area contributed by atoms with Gasteiger partial charge in [0.25, 0.3) is 0 Å². The molecule has 21 heavy (non-hydrogen) atoms. The molecule has 1 aromatic rings. The lowest BCUT2D eigenvalue weighted by Gasteiger charge is -2.12. The molecule has 1 aliphatic rings. The molecule has 0 bridgehead atoms. The smallest absolute Gasteiger partial charge is 0.335 e. The fourth-order valence-corrected chi connectivity index (χ4v) is 4.81. The molecular formula is C11H10ClNO6S2. The van der Waals surface area contributed by atoms with Crippen molar-refractivity contribution >= 4 is 37.4 Å². The maximum Gasteiger partial charge on any atom is 0.335 e. The second-order valence-corrected chi connectivity index (χ2v) is 8.36. The maximum atomic E-state index is 12.2. The van der Waals surface area contributed by atoms with Crippen LogP contribution in [0.15, 0.2) is 34.6 Å². The Labute approximate surface area is 126 Å². The van der Waals surface area contributed by atoms with Crippen molar-refractivity contribution in [3.05, 3.63) is 40.3 Å². The standard InChI is InChI=1S/C11H10ClNO6S2/c12-9-2-1-7(11(14)15)5-10(9)21(18,19)13-8-3-4-20(16,17)6-8/h1-5,8,13H,6H2,(H,14,15)/t8-/m1/s1. The molecule has 0 saturated carbocycles. The normalized spacial score (nSPS) is 20.5. The number of carboxylic acids is 1. The van der Waals surface area contributed by atoms with E-state index in [0.29, 0.717) is 0 Å². The van der Waals surface area contributed by atoms with Crippen molar-refractivity contribution in [3.8, 4) is 0 Å². The van der Waals surface area contributed by atoms with Crippen LogP contribution in [-0.2, 0) is 19.9 Å². The summed E-state index contributed by atoms with van der Waals surface area (Å²) in [6, 6.07) is 2.33. The largest absolute Gasteiger partial charge is 0.478 e. The molecule has 0 unspecified atom stereocenters. The zero-order chi connectivity index (χ0) is 15.8. The van der Waals surface area contributed by atoms with Gasteiger partial charge in [-0.3, -0.25) is 0 Å². The van der Waals surface area contributed by atoms with Gasteiger partial charge in [-0.2, -0.15) is 0 Å². The highest BCUT2D eigenvalue weighted by atomic mass is 35.5. The summed E-state index contributed by atoms with van der Waals surface area (Å²) < 4.78 is 49.0. The number of nitrogens with one attached hydrogen (secondary N) is 1. The van der Waals surface area contributed by atoms with Crippen LogP contribution in [0.25, 0.3) is 0 Å². The minimum atomic E-state index is -4.14. The van der Waals surface area contributed by atoms with Crippen LogP contribution >= 0.6 is 11.6 Å². The molecule has 0 fully saturated rings. The summed E-state index contributed by atoms with van der Waals surface area (Å²) in [5, 5.41) is 9.64. The van der Waals surface area contributed by atoms with Crippen LogP contribution in [0.1, 0.15) is 10.4 Å². The van der Waals surface area contributed by atoms with Crippen LogP contribution in [0.3, 0.4) is 0 Å². The van der Waals surface area contributed by atoms with Gasteiger partial charge in [-0.25, -0.2) is 26.4 Å². The van der Waals surface area contributed by atoms with E-state index in [2.05, 4.69) is 4.72 Å². The Kier molecular flexibility index (Phi) is 4.11. The Hall–Kier alpha value is -1.42. The Morgan fingerprint density at radius 1 is 1.38 bits per heavy atom. The van der Waals surface area contributed by atoms with Crippen LogP contribution in [0, 0.1) is 0 Å². The first-order valence-electron chi connectivity index (χ1n) is 5.57. The highest BCUT2D eigenvalue weighted by Gasteiger charge is 2.28. The van der Waals surface area contributed by atoms with E-state index in [1.807, 2.05) is 0 Å². The molecule has 0 aromatic heterocycles. The van der Waals surface area contributed by atoms with Gasteiger partial charge in [-0.15, -0.1) is 0 Å². The summed E-state index contributed by atoms with van der Waals surface area (Å²) in [4.78, 5) is 10.5. The molecule has 7 nitrogen and oxygen atoms in total. The van der Waals surface area contributed by atoms with Gasteiger partial charge in [-0.1, -0.05) is 17.7 Å². The number of rotatable bonds is 4. The van der Waals surface area contributed by atoms with Gasteiger partial charge in [0.1, 0.15) is 4.90 Å². The maximum absolute atomic E-state index is 12.2. The van der Waals surface area contributed by atoms with Crippen molar-refractivity contribution in [2.75, 3.05) is 5.75 Å². The monoisotopic (exact) mass is 351 g/mol. The lowest BCUT2D eigenvalue weighted by molar-refractivity contribution is 0.0696. The third-order valence-corrected chi connectivity index (χ3v) is 6.07. The van der Waals surface area contributed by atoms with Gasteiger partial charge in [0.15, 0.2) is 9.84 Å². The second-order valence-electron chi connectivity index (χ2n) is 4.34. The molecule has 114 valence electrons. The van der Waals surface area contributed by atoms with Crippen molar-refractivity contribution in [3.63, 3.8) is 0 Å². The van der Waals surface area contributed by atoms with E-state index in [1.165, 1.54) is 12.1 Å². The van der Waals surface area contributed by atoms with Crippen molar-refractivity contribution in [2.45, 2.75) is 10.9 Å². The van der Waals surface area contributed by atoms with Crippen molar-refractivity contribution in [1.82, 2.24) is 4.72 Å². The third-order valence-electron chi connectivity index (χ3n) is 2.70. The molecule has 0 amide bonds. The number of hydrogen-bond donors (Lipinski definition) is 2. The third kappa shape index (κ3) is 3.62. The van der Waals surface area contributed by atoms with Crippen LogP contribution < -0.4 is 4.72 Å². The Bertz CT molecular complexity index is 828. The minimum Gasteiger partial charge on any atom is -0.478 e. The van der Waals surface area contributed by atoms with Crippen molar-refractivity contribution in [1.29, 1.82) is 0 Å². The van der Waals surface area contributed by atoms with E-state index in [-0.39, 0.29) is 16.3 Å². The average Bonchev–Trinajstić information content (AvgIpc) is 2.67. The second kappa shape index (κ2) is 5.41. The highest BCUT2D eigenvalue weighted by molar-refractivity contribution is 7.94. The first-order valence-corrected chi connectivity index (χ1v) is 9.14. The zero-order valence-electron chi connectivity index (χ0n) is 10.4. The fourth-order valence-electron chi connectivity index (χ4n) is 1.75.